The Morgan fingerprint density at radius 1 is 1.30 bits per heavy atom. The highest BCUT2D eigenvalue weighted by Crippen LogP contribution is 2.34. The zero-order valence-electron chi connectivity index (χ0n) is 12.3. The fourth-order valence-electron chi connectivity index (χ4n) is 2.72. The lowest BCUT2D eigenvalue weighted by molar-refractivity contribution is -0.148. The van der Waals surface area contributed by atoms with Gasteiger partial charge in [-0.3, -0.25) is 9.59 Å². The quantitative estimate of drug-likeness (QED) is 0.922. The number of likely N-dealkylation sites (tertiary alicyclic amines) is 1. The van der Waals surface area contributed by atoms with Crippen molar-refractivity contribution in [3.8, 4) is 0 Å². The summed E-state index contributed by atoms with van der Waals surface area (Å²) in [5.41, 5.74) is 2.10. The van der Waals surface area contributed by atoms with Gasteiger partial charge in [0.25, 0.3) is 5.91 Å². The molecule has 4 heteroatoms. The first-order valence-electron chi connectivity index (χ1n) is 6.99. The predicted molar refractivity (Wildman–Crippen MR) is 76.8 cm³/mol. The number of hydrogen-bond acceptors (Lipinski definition) is 2. The molecule has 0 radical (unpaired) electrons. The molecule has 108 valence electrons. The third-order valence-corrected chi connectivity index (χ3v) is 4.53. The lowest BCUT2D eigenvalue weighted by atomic mass is 9.84. The topological polar surface area (TPSA) is 57.6 Å². The molecule has 1 fully saturated rings. The molecule has 1 aromatic carbocycles. The van der Waals surface area contributed by atoms with Gasteiger partial charge in [0.2, 0.25) is 0 Å². The van der Waals surface area contributed by atoms with Gasteiger partial charge in [-0.05, 0) is 49.9 Å². The Morgan fingerprint density at radius 2 is 2.00 bits per heavy atom. The van der Waals surface area contributed by atoms with Crippen molar-refractivity contribution >= 4 is 11.9 Å². The van der Waals surface area contributed by atoms with E-state index >= 15 is 0 Å². The summed E-state index contributed by atoms with van der Waals surface area (Å²) in [7, 11) is 0. The number of benzene rings is 1. The van der Waals surface area contributed by atoms with Crippen LogP contribution in [0.15, 0.2) is 18.2 Å². The van der Waals surface area contributed by atoms with Gasteiger partial charge >= 0.3 is 5.97 Å². The van der Waals surface area contributed by atoms with E-state index in [4.69, 9.17) is 0 Å². The Bertz CT molecular complexity index is 553. The fraction of sp³-hybridized carbons (Fsp3) is 0.500. The van der Waals surface area contributed by atoms with Gasteiger partial charge in [0, 0.05) is 18.7 Å². The highest BCUT2D eigenvalue weighted by molar-refractivity contribution is 5.95. The summed E-state index contributed by atoms with van der Waals surface area (Å²) in [4.78, 5) is 25.6. The number of aryl methyl sites for hydroxylation is 2. The molecule has 20 heavy (non-hydrogen) atoms. The largest absolute Gasteiger partial charge is 0.481 e. The van der Waals surface area contributed by atoms with Crippen molar-refractivity contribution in [3.05, 3.63) is 34.9 Å². The Hall–Kier alpha value is -1.84. The first-order chi connectivity index (χ1) is 9.39. The monoisotopic (exact) mass is 275 g/mol. The van der Waals surface area contributed by atoms with Crippen LogP contribution in [0.1, 0.15) is 41.3 Å². The number of aliphatic carboxylic acids is 1. The van der Waals surface area contributed by atoms with Gasteiger partial charge in [0.15, 0.2) is 0 Å². The highest BCUT2D eigenvalue weighted by atomic mass is 16.4. The van der Waals surface area contributed by atoms with Crippen LogP contribution in [0.3, 0.4) is 0 Å². The molecule has 1 aliphatic heterocycles. The second-order valence-corrected chi connectivity index (χ2v) is 5.71. The van der Waals surface area contributed by atoms with Crippen molar-refractivity contribution in [2.24, 2.45) is 5.41 Å². The van der Waals surface area contributed by atoms with E-state index in [9.17, 15) is 14.7 Å². The number of amides is 1. The molecular formula is C16H21NO3. The van der Waals surface area contributed by atoms with Crippen LogP contribution in [0.2, 0.25) is 0 Å². The maximum Gasteiger partial charge on any atom is 0.311 e. The van der Waals surface area contributed by atoms with E-state index in [0.29, 0.717) is 31.5 Å². The first-order valence-corrected chi connectivity index (χ1v) is 6.99. The van der Waals surface area contributed by atoms with Crippen molar-refractivity contribution < 1.29 is 14.7 Å². The smallest absolute Gasteiger partial charge is 0.311 e. The summed E-state index contributed by atoms with van der Waals surface area (Å²) in [6, 6.07) is 5.63. The van der Waals surface area contributed by atoms with Gasteiger partial charge in [-0.2, -0.15) is 0 Å². The molecule has 0 aromatic heterocycles. The number of carboxylic acids is 1. The lowest BCUT2D eigenvalue weighted by Gasteiger charge is -2.23. The molecule has 1 N–H and O–H groups in total. The summed E-state index contributed by atoms with van der Waals surface area (Å²) in [6.07, 6.45) is 1.09. The van der Waals surface area contributed by atoms with Crippen LogP contribution >= 0.6 is 0 Å². The molecular weight excluding hydrogens is 254 g/mol. The van der Waals surface area contributed by atoms with Crippen LogP contribution in [0.5, 0.6) is 0 Å². The summed E-state index contributed by atoms with van der Waals surface area (Å²) in [5, 5.41) is 9.38. The minimum absolute atomic E-state index is 0.0651. The molecule has 1 aromatic rings. The molecule has 4 nitrogen and oxygen atoms in total. The first kappa shape index (κ1) is 14.6. The van der Waals surface area contributed by atoms with Crippen LogP contribution in [0, 0.1) is 19.3 Å². The number of nitrogens with zero attached hydrogens (tertiary/aromatic N) is 1. The molecule has 1 atom stereocenters. The average molecular weight is 275 g/mol. The van der Waals surface area contributed by atoms with Gasteiger partial charge < -0.3 is 10.0 Å². The molecule has 0 bridgehead atoms. The van der Waals surface area contributed by atoms with Crippen molar-refractivity contribution in [2.75, 3.05) is 13.1 Å². The maximum absolute atomic E-state index is 12.5. The molecule has 1 saturated heterocycles. The SMILES string of the molecule is CCC1(C(=O)O)CCN(C(=O)c2ccc(C)c(C)c2)C1. The summed E-state index contributed by atoms with van der Waals surface area (Å²) >= 11 is 0. The van der Waals surface area contributed by atoms with Crippen molar-refractivity contribution in [2.45, 2.75) is 33.6 Å². The van der Waals surface area contributed by atoms with E-state index in [2.05, 4.69) is 0 Å². The molecule has 1 heterocycles. The minimum atomic E-state index is -0.796. The molecule has 1 amide bonds. The lowest BCUT2D eigenvalue weighted by Crippen LogP contribution is -2.36. The average Bonchev–Trinajstić information content (AvgIpc) is 2.87. The van der Waals surface area contributed by atoms with E-state index in [1.165, 1.54) is 0 Å². The predicted octanol–water partition coefficient (Wildman–Crippen LogP) is 2.63. The number of carbonyl (C=O) groups is 2. The van der Waals surface area contributed by atoms with Crippen molar-refractivity contribution in [1.29, 1.82) is 0 Å². The van der Waals surface area contributed by atoms with Gasteiger partial charge in [0.05, 0.1) is 5.41 Å². The van der Waals surface area contributed by atoms with Crippen LogP contribution in [-0.4, -0.2) is 35.0 Å². The zero-order chi connectivity index (χ0) is 14.9. The molecule has 1 aliphatic rings. The maximum atomic E-state index is 12.5. The van der Waals surface area contributed by atoms with Gasteiger partial charge in [-0.25, -0.2) is 0 Å². The number of rotatable bonds is 3. The second-order valence-electron chi connectivity index (χ2n) is 5.71. The summed E-state index contributed by atoms with van der Waals surface area (Å²) in [5.74, 6) is -0.861. The second kappa shape index (κ2) is 5.27. The molecule has 0 spiro atoms. The van der Waals surface area contributed by atoms with E-state index in [0.717, 1.165) is 11.1 Å². The standard InChI is InChI=1S/C16H21NO3/c1-4-16(15(19)20)7-8-17(10-16)14(18)13-6-5-11(2)12(3)9-13/h5-6,9H,4,7-8,10H2,1-3H3,(H,19,20). The number of carboxylic acid groups (broad SMARTS) is 1. The third kappa shape index (κ3) is 2.42. The van der Waals surface area contributed by atoms with E-state index in [1.54, 1.807) is 4.90 Å². The number of hydrogen-bond donors (Lipinski definition) is 1. The van der Waals surface area contributed by atoms with Crippen molar-refractivity contribution in [1.82, 2.24) is 4.90 Å². The minimum Gasteiger partial charge on any atom is -0.481 e. The van der Waals surface area contributed by atoms with E-state index in [1.807, 2.05) is 39.0 Å². The fourth-order valence-corrected chi connectivity index (χ4v) is 2.72. The van der Waals surface area contributed by atoms with Crippen LogP contribution in [0.4, 0.5) is 0 Å². The van der Waals surface area contributed by atoms with E-state index < -0.39 is 11.4 Å². The normalized spacial score (nSPS) is 22.1. The number of carbonyl (C=O) groups excluding carboxylic acids is 1. The summed E-state index contributed by atoms with van der Waals surface area (Å²) in [6.45, 7) is 6.68. The molecule has 1 unspecified atom stereocenters. The van der Waals surface area contributed by atoms with Crippen LogP contribution in [0.25, 0.3) is 0 Å². The third-order valence-electron chi connectivity index (χ3n) is 4.53. The molecule has 0 aliphatic carbocycles. The molecule has 2 rings (SSSR count). The Labute approximate surface area is 119 Å². The highest BCUT2D eigenvalue weighted by Gasteiger charge is 2.44. The summed E-state index contributed by atoms with van der Waals surface area (Å²) < 4.78 is 0. The van der Waals surface area contributed by atoms with Crippen molar-refractivity contribution in [3.63, 3.8) is 0 Å². The molecule has 0 saturated carbocycles. The Balaban J connectivity index is 2.19. The Kier molecular flexibility index (Phi) is 3.84. The Morgan fingerprint density at radius 3 is 2.50 bits per heavy atom. The van der Waals surface area contributed by atoms with Gasteiger partial charge in [0.1, 0.15) is 0 Å². The van der Waals surface area contributed by atoms with Gasteiger partial charge in [-0.1, -0.05) is 13.0 Å². The van der Waals surface area contributed by atoms with Crippen LogP contribution < -0.4 is 0 Å². The van der Waals surface area contributed by atoms with Crippen LogP contribution in [-0.2, 0) is 4.79 Å². The van der Waals surface area contributed by atoms with E-state index in [-0.39, 0.29) is 5.91 Å². The van der Waals surface area contributed by atoms with Gasteiger partial charge in [-0.15, -0.1) is 0 Å². The zero-order valence-corrected chi connectivity index (χ0v) is 12.3.